The minimum absolute atomic E-state index is 0.0206. The van der Waals surface area contributed by atoms with E-state index in [0.717, 1.165) is 10.6 Å². The lowest BCUT2D eigenvalue weighted by Crippen LogP contribution is -2.28. The molecule has 2 heterocycles. The number of aromatic nitrogens is 2. The van der Waals surface area contributed by atoms with Crippen LogP contribution in [-0.2, 0) is 21.5 Å². The summed E-state index contributed by atoms with van der Waals surface area (Å²) in [5.41, 5.74) is 0.877. The molecule has 6 nitrogen and oxygen atoms in total. The lowest BCUT2D eigenvalue weighted by atomic mass is 9.98. The average molecular weight is 393 g/mol. The summed E-state index contributed by atoms with van der Waals surface area (Å²) in [6.07, 6.45) is 0.213. The number of halogens is 1. The molecule has 1 unspecified atom stereocenters. The van der Waals surface area contributed by atoms with Crippen LogP contribution in [0, 0.1) is 5.92 Å². The topological polar surface area (TPSA) is 75.2 Å². The summed E-state index contributed by atoms with van der Waals surface area (Å²) in [5, 5.41) is 13.0. The van der Waals surface area contributed by atoms with Crippen LogP contribution in [0.1, 0.15) is 37.8 Å². The predicted molar refractivity (Wildman–Crippen MR) is 102 cm³/mol. The van der Waals surface area contributed by atoms with E-state index in [-0.39, 0.29) is 29.6 Å². The average Bonchev–Trinajstić information content (AvgIpc) is 3.17. The Morgan fingerprint density at radius 1 is 1.31 bits per heavy atom. The van der Waals surface area contributed by atoms with Crippen molar-refractivity contribution in [2.24, 2.45) is 5.92 Å². The molecule has 1 saturated heterocycles. The number of anilines is 1. The highest BCUT2D eigenvalue weighted by Crippen LogP contribution is 2.29. The largest absolute Gasteiger partial charge is 0.338 e. The van der Waals surface area contributed by atoms with Crippen LogP contribution in [0.5, 0.6) is 0 Å². The summed E-state index contributed by atoms with van der Waals surface area (Å²) in [6, 6.07) is 7.37. The third kappa shape index (κ3) is 4.40. The number of nitrogens with one attached hydrogen (secondary N) is 1. The molecule has 1 aliphatic rings. The first-order chi connectivity index (χ1) is 12.2. The Morgan fingerprint density at radius 3 is 2.62 bits per heavy atom. The van der Waals surface area contributed by atoms with E-state index in [0.29, 0.717) is 23.2 Å². The zero-order valence-corrected chi connectivity index (χ0v) is 16.5. The number of amides is 2. The lowest BCUT2D eigenvalue weighted by Gasteiger charge is -2.16. The molecule has 2 amide bonds. The Hall–Kier alpha value is -1.99. The Balaban J connectivity index is 1.60. The van der Waals surface area contributed by atoms with Crippen LogP contribution in [0.15, 0.2) is 24.3 Å². The van der Waals surface area contributed by atoms with Gasteiger partial charge in [-0.25, -0.2) is 0 Å². The van der Waals surface area contributed by atoms with Gasteiger partial charge in [-0.15, -0.1) is 10.2 Å². The minimum atomic E-state index is -0.378. The summed E-state index contributed by atoms with van der Waals surface area (Å²) >= 11 is 7.25. The van der Waals surface area contributed by atoms with Crippen LogP contribution < -0.4 is 5.32 Å². The Kier molecular flexibility index (Phi) is 5.29. The fourth-order valence-corrected chi connectivity index (χ4v) is 3.63. The molecule has 3 rings (SSSR count). The van der Waals surface area contributed by atoms with Crippen molar-refractivity contribution >= 4 is 39.9 Å². The van der Waals surface area contributed by atoms with E-state index in [9.17, 15) is 9.59 Å². The summed E-state index contributed by atoms with van der Waals surface area (Å²) in [7, 11) is 0. The standard InChI is InChI=1S/C18H21ClN4O2S/c1-18(2,3)16-21-22-17(26-16)20-15(25)12-8-14(24)23(10-12)9-11-4-6-13(19)7-5-11/h4-7,12H,8-10H2,1-3H3,(H,20,22,25). The maximum absolute atomic E-state index is 12.5. The van der Waals surface area contributed by atoms with Crippen LogP contribution in [0.25, 0.3) is 0 Å². The van der Waals surface area contributed by atoms with Gasteiger partial charge in [0.05, 0.1) is 5.92 Å². The van der Waals surface area contributed by atoms with Crippen molar-refractivity contribution in [3.8, 4) is 0 Å². The van der Waals surface area contributed by atoms with Crippen LogP contribution in [0.3, 0.4) is 0 Å². The second-order valence-corrected chi connectivity index (χ2v) is 8.87. The Labute approximate surface area is 161 Å². The van der Waals surface area contributed by atoms with Gasteiger partial charge in [-0.1, -0.05) is 55.8 Å². The molecule has 1 aromatic heterocycles. The van der Waals surface area contributed by atoms with E-state index in [1.54, 1.807) is 17.0 Å². The molecular formula is C18H21ClN4O2S. The monoisotopic (exact) mass is 392 g/mol. The first-order valence-electron chi connectivity index (χ1n) is 8.39. The van der Waals surface area contributed by atoms with Crippen LogP contribution >= 0.6 is 22.9 Å². The predicted octanol–water partition coefficient (Wildman–Crippen LogP) is 3.48. The highest BCUT2D eigenvalue weighted by atomic mass is 35.5. The van der Waals surface area contributed by atoms with Gasteiger partial charge in [-0.05, 0) is 17.7 Å². The van der Waals surface area contributed by atoms with Crippen molar-refractivity contribution in [1.29, 1.82) is 0 Å². The van der Waals surface area contributed by atoms with Crippen LogP contribution in [-0.4, -0.2) is 33.5 Å². The van der Waals surface area contributed by atoms with Crippen molar-refractivity contribution in [2.75, 3.05) is 11.9 Å². The number of hydrogen-bond donors (Lipinski definition) is 1. The van der Waals surface area contributed by atoms with Crippen molar-refractivity contribution in [3.63, 3.8) is 0 Å². The molecule has 1 fully saturated rings. The highest BCUT2D eigenvalue weighted by Gasteiger charge is 2.34. The molecule has 0 spiro atoms. The maximum Gasteiger partial charge on any atom is 0.231 e. The Morgan fingerprint density at radius 2 is 2.00 bits per heavy atom. The molecular weight excluding hydrogens is 372 g/mol. The second kappa shape index (κ2) is 7.32. The molecule has 0 radical (unpaired) electrons. The van der Waals surface area contributed by atoms with Crippen molar-refractivity contribution in [3.05, 3.63) is 39.9 Å². The van der Waals surface area contributed by atoms with Crippen LogP contribution in [0.4, 0.5) is 5.13 Å². The van der Waals surface area contributed by atoms with E-state index in [1.165, 1.54) is 11.3 Å². The Bertz CT molecular complexity index is 813. The van der Waals surface area contributed by atoms with Crippen molar-refractivity contribution in [2.45, 2.75) is 39.2 Å². The molecule has 1 atom stereocenters. The molecule has 1 aliphatic heterocycles. The van der Waals surface area contributed by atoms with Gasteiger partial charge in [-0.2, -0.15) is 0 Å². The van der Waals surface area contributed by atoms with Gasteiger partial charge < -0.3 is 10.2 Å². The summed E-state index contributed by atoms with van der Waals surface area (Å²) in [5.74, 6) is -0.585. The SMILES string of the molecule is CC(C)(C)c1nnc(NC(=O)C2CC(=O)N(Cc3ccc(Cl)cc3)C2)s1. The van der Waals surface area contributed by atoms with Gasteiger partial charge in [-0.3, -0.25) is 9.59 Å². The van der Waals surface area contributed by atoms with Gasteiger partial charge in [0.15, 0.2) is 0 Å². The molecule has 2 aromatic rings. The van der Waals surface area contributed by atoms with Gasteiger partial charge in [0.25, 0.3) is 0 Å². The number of likely N-dealkylation sites (tertiary alicyclic amines) is 1. The smallest absolute Gasteiger partial charge is 0.231 e. The molecule has 1 aromatic carbocycles. The summed E-state index contributed by atoms with van der Waals surface area (Å²) in [4.78, 5) is 26.4. The number of carbonyl (C=O) groups excluding carboxylic acids is 2. The fourth-order valence-electron chi connectivity index (χ4n) is 2.70. The number of carbonyl (C=O) groups is 2. The second-order valence-electron chi connectivity index (χ2n) is 7.45. The van der Waals surface area contributed by atoms with Gasteiger partial charge >= 0.3 is 0 Å². The van der Waals surface area contributed by atoms with Crippen molar-refractivity contribution < 1.29 is 9.59 Å². The number of benzene rings is 1. The number of rotatable bonds is 4. The fraction of sp³-hybridized carbons (Fsp3) is 0.444. The minimum Gasteiger partial charge on any atom is -0.338 e. The zero-order valence-electron chi connectivity index (χ0n) is 15.0. The first-order valence-corrected chi connectivity index (χ1v) is 9.59. The van der Waals surface area contributed by atoms with E-state index in [4.69, 9.17) is 11.6 Å². The van der Waals surface area contributed by atoms with E-state index in [1.807, 2.05) is 32.9 Å². The third-order valence-electron chi connectivity index (χ3n) is 4.17. The molecule has 26 heavy (non-hydrogen) atoms. The molecule has 1 N–H and O–H groups in total. The highest BCUT2D eigenvalue weighted by molar-refractivity contribution is 7.15. The molecule has 0 saturated carbocycles. The molecule has 138 valence electrons. The molecule has 8 heteroatoms. The maximum atomic E-state index is 12.5. The third-order valence-corrected chi connectivity index (χ3v) is 5.69. The summed E-state index contributed by atoms with van der Waals surface area (Å²) in [6.45, 7) is 7.02. The van der Waals surface area contributed by atoms with E-state index >= 15 is 0 Å². The first kappa shape index (κ1) is 18.8. The lowest BCUT2D eigenvalue weighted by molar-refractivity contribution is -0.128. The number of nitrogens with zero attached hydrogens (tertiary/aromatic N) is 3. The van der Waals surface area contributed by atoms with Crippen LogP contribution in [0.2, 0.25) is 5.02 Å². The van der Waals surface area contributed by atoms with E-state index in [2.05, 4.69) is 15.5 Å². The van der Waals surface area contributed by atoms with Gasteiger partial charge in [0.2, 0.25) is 16.9 Å². The van der Waals surface area contributed by atoms with Gasteiger partial charge in [0, 0.05) is 29.9 Å². The summed E-state index contributed by atoms with van der Waals surface area (Å²) < 4.78 is 0. The van der Waals surface area contributed by atoms with E-state index < -0.39 is 0 Å². The number of hydrogen-bond acceptors (Lipinski definition) is 5. The normalized spacial score (nSPS) is 17.6. The molecule has 0 aliphatic carbocycles. The van der Waals surface area contributed by atoms with Gasteiger partial charge in [0.1, 0.15) is 5.01 Å². The van der Waals surface area contributed by atoms with Crippen molar-refractivity contribution in [1.82, 2.24) is 15.1 Å². The molecule has 0 bridgehead atoms. The quantitative estimate of drug-likeness (QED) is 0.864. The zero-order chi connectivity index (χ0) is 18.9.